The molecule has 0 spiro atoms. The van der Waals surface area contributed by atoms with Crippen LogP contribution in [0.3, 0.4) is 0 Å². The molecule has 0 aromatic rings. The van der Waals surface area contributed by atoms with Gasteiger partial charge < -0.3 is 5.32 Å². The van der Waals surface area contributed by atoms with Gasteiger partial charge in [0.15, 0.2) is 0 Å². The molecule has 7 unspecified atom stereocenters. The van der Waals surface area contributed by atoms with E-state index in [1.54, 1.807) is 0 Å². The zero-order valence-electron chi connectivity index (χ0n) is 17.9. The van der Waals surface area contributed by atoms with Crippen molar-refractivity contribution in [1.29, 1.82) is 0 Å². The minimum absolute atomic E-state index is 0.259. The molecule has 0 aromatic heterocycles. The Hall–Kier alpha value is 0.200. The Morgan fingerprint density at radius 1 is 0.815 bits per heavy atom. The number of halogens is 1. The van der Waals surface area contributed by atoms with Crippen LogP contribution in [-0.4, -0.2) is 15.9 Å². The van der Waals surface area contributed by atoms with Gasteiger partial charge in [-0.25, -0.2) is 0 Å². The molecule has 3 saturated carbocycles. The van der Waals surface area contributed by atoms with Crippen LogP contribution in [0.15, 0.2) is 0 Å². The molecule has 3 aliphatic rings. The average Bonchev–Trinajstić information content (AvgIpc) is 3.36. The number of nitrogens with one attached hydrogen (secondary N) is 1. The number of fused-ring (bicyclic) bond motifs is 1. The van der Waals surface area contributed by atoms with Gasteiger partial charge in [-0.1, -0.05) is 69.0 Å². The lowest BCUT2D eigenvalue weighted by molar-refractivity contribution is -0.126. The van der Waals surface area contributed by atoms with Crippen LogP contribution in [0.5, 0.6) is 0 Å². The van der Waals surface area contributed by atoms with Gasteiger partial charge in [-0.15, -0.1) is 0 Å². The van der Waals surface area contributed by atoms with Crippen LogP contribution in [0, 0.1) is 35.5 Å². The van der Waals surface area contributed by atoms with Gasteiger partial charge in [-0.3, -0.25) is 4.79 Å². The van der Waals surface area contributed by atoms with Crippen molar-refractivity contribution in [1.82, 2.24) is 5.32 Å². The molecule has 8 atom stereocenters. The number of alkyl halides is 1. The van der Waals surface area contributed by atoms with Gasteiger partial charge in [0.1, 0.15) is 0 Å². The Balaban J connectivity index is 1.55. The summed E-state index contributed by atoms with van der Waals surface area (Å²) in [5.41, 5.74) is 0. The Kier molecular flexibility index (Phi) is 8.35. The summed E-state index contributed by atoms with van der Waals surface area (Å²) in [5, 5.41) is 3.55. The molecule has 3 fully saturated rings. The first kappa shape index (κ1) is 21.9. The van der Waals surface area contributed by atoms with Gasteiger partial charge in [-0.2, -0.15) is 0 Å². The third kappa shape index (κ3) is 6.89. The lowest BCUT2D eigenvalue weighted by atomic mass is 9.87. The van der Waals surface area contributed by atoms with Crippen LogP contribution < -0.4 is 5.32 Å². The fourth-order valence-corrected chi connectivity index (χ4v) is 7.13. The van der Waals surface area contributed by atoms with Crippen molar-refractivity contribution in [3.8, 4) is 0 Å². The van der Waals surface area contributed by atoms with E-state index in [1.165, 1.54) is 64.2 Å². The molecule has 3 rings (SSSR count). The fraction of sp³-hybridized carbons (Fsp3) is 0.958. The summed E-state index contributed by atoms with van der Waals surface area (Å²) in [5.74, 6) is 4.89. The molecule has 1 amide bonds. The van der Waals surface area contributed by atoms with E-state index in [9.17, 15) is 4.79 Å². The number of carbonyl (C=O) groups excluding carboxylic acids is 1. The zero-order chi connectivity index (χ0) is 19.4. The zero-order valence-corrected chi connectivity index (χ0v) is 20.0. The molecule has 0 heterocycles. The Labute approximate surface area is 181 Å². The predicted octanol–water partition coefficient (Wildman–Crippen LogP) is 6.75. The van der Waals surface area contributed by atoms with Crippen LogP contribution in [0.25, 0.3) is 0 Å². The fourth-order valence-electron chi connectivity index (χ4n) is 5.82. The number of carbonyl (C=O) groups is 1. The maximum Gasteiger partial charge on any atom is 0.223 e. The monoisotopic (exact) mass is 487 g/mol. The summed E-state index contributed by atoms with van der Waals surface area (Å²) in [6.07, 6.45) is 15.2. The summed E-state index contributed by atoms with van der Waals surface area (Å²) in [6.45, 7) is 7.24. The van der Waals surface area contributed by atoms with Gasteiger partial charge in [0.25, 0.3) is 0 Å². The second-order valence-electron chi connectivity index (χ2n) is 10.5. The standard InChI is InChI=1S/C24H42INO/c1-16-9-11-19(6-4-5-7-21(25)12-16)24(27)26-22-13-17(2)8-10-18(3)23-15-20(23)14-22/h16-23H,4-15H2,1-3H3,(H,26,27)/t16?,17-,18?,19?,20?,21?,22?,23?/m0/s1. The van der Waals surface area contributed by atoms with E-state index in [4.69, 9.17) is 0 Å². The van der Waals surface area contributed by atoms with Crippen LogP contribution in [0.1, 0.15) is 97.8 Å². The molecule has 2 nitrogen and oxygen atoms in total. The third-order valence-corrected chi connectivity index (χ3v) is 8.93. The van der Waals surface area contributed by atoms with Crippen molar-refractivity contribution in [3.63, 3.8) is 0 Å². The summed E-state index contributed by atoms with van der Waals surface area (Å²) in [7, 11) is 0. The van der Waals surface area contributed by atoms with Gasteiger partial charge >= 0.3 is 0 Å². The van der Waals surface area contributed by atoms with E-state index in [-0.39, 0.29) is 5.92 Å². The van der Waals surface area contributed by atoms with Crippen LogP contribution in [0.2, 0.25) is 0 Å². The summed E-state index contributed by atoms with van der Waals surface area (Å²) in [6, 6.07) is 0.430. The largest absolute Gasteiger partial charge is 0.353 e. The van der Waals surface area contributed by atoms with Gasteiger partial charge in [0, 0.05) is 15.9 Å². The van der Waals surface area contributed by atoms with Crippen molar-refractivity contribution in [2.24, 2.45) is 35.5 Å². The predicted molar refractivity (Wildman–Crippen MR) is 123 cm³/mol. The highest BCUT2D eigenvalue weighted by Crippen LogP contribution is 2.50. The SMILES string of the molecule is CC1CCC(C(=O)NC2CC3CC3C(C)CC[C@H](C)C2)CCCCC(I)C1. The molecule has 1 N–H and O–H groups in total. The first-order valence-electron chi connectivity index (χ1n) is 11.9. The quantitative estimate of drug-likeness (QED) is 0.339. The highest BCUT2D eigenvalue weighted by molar-refractivity contribution is 14.1. The Morgan fingerprint density at radius 3 is 2.33 bits per heavy atom. The van der Waals surface area contributed by atoms with Crippen molar-refractivity contribution < 1.29 is 4.79 Å². The lowest BCUT2D eigenvalue weighted by Crippen LogP contribution is -2.40. The molecule has 0 saturated heterocycles. The summed E-state index contributed by atoms with van der Waals surface area (Å²) in [4.78, 5) is 13.2. The van der Waals surface area contributed by atoms with E-state index in [0.717, 1.165) is 46.4 Å². The molecule has 0 aliphatic heterocycles. The van der Waals surface area contributed by atoms with Crippen LogP contribution in [0.4, 0.5) is 0 Å². The normalized spacial score (nSPS) is 44.1. The maximum atomic E-state index is 13.2. The van der Waals surface area contributed by atoms with Crippen LogP contribution >= 0.6 is 22.6 Å². The summed E-state index contributed by atoms with van der Waals surface area (Å²) >= 11 is 2.64. The molecule has 3 heteroatoms. The van der Waals surface area contributed by atoms with Crippen molar-refractivity contribution >= 4 is 28.5 Å². The lowest BCUT2D eigenvalue weighted by Gasteiger charge is -2.27. The van der Waals surface area contributed by atoms with Gasteiger partial charge in [0.2, 0.25) is 5.91 Å². The van der Waals surface area contributed by atoms with Crippen LogP contribution in [-0.2, 0) is 4.79 Å². The minimum atomic E-state index is 0.259. The smallest absolute Gasteiger partial charge is 0.223 e. The van der Waals surface area contributed by atoms with E-state index < -0.39 is 0 Å². The molecule has 0 radical (unpaired) electrons. The van der Waals surface area contributed by atoms with E-state index in [2.05, 4.69) is 48.7 Å². The summed E-state index contributed by atoms with van der Waals surface area (Å²) < 4.78 is 0.831. The van der Waals surface area contributed by atoms with Crippen molar-refractivity contribution in [2.45, 2.75) is 108 Å². The van der Waals surface area contributed by atoms with E-state index in [0.29, 0.717) is 11.9 Å². The maximum absolute atomic E-state index is 13.2. The molecule has 3 aliphatic carbocycles. The second kappa shape index (κ2) is 10.3. The van der Waals surface area contributed by atoms with E-state index in [1.807, 2.05) is 0 Å². The van der Waals surface area contributed by atoms with Gasteiger partial charge in [0.05, 0.1) is 0 Å². The molecule has 156 valence electrons. The minimum Gasteiger partial charge on any atom is -0.353 e. The van der Waals surface area contributed by atoms with Gasteiger partial charge in [-0.05, 0) is 81.0 Å². The van der Waals surface area contributed by atoms with Crippen molar-refractivity contribution in [3.05, 3.63) is 0 Å². The Morgan fingerprint density at radius 2 is 1.52 bits per heavy atom. The highest BCUT2D eigenvalue weighted by atomic mass is 127. The highest BCUT2D eigenvalue weighted by Gasteiger charge is 2.43. The number of hydrogen-bond donors (Lipinski definition) is 1. The third-order valence-electron chi connectivity index (χ3n) is 7.80. The molecular formula is C24H42INO. The molecule has 0 aromatic carbocycles. The second-order valence-corrected chi connectivity index (χ2v) is 12.3. The average molecular weight is 488 g/mol. The Bertz CT molecular complexity index is 481. The van der Waals surface area contributed by atoms with E-state index >= 15 is 0 Å². The number of amides is 1. The molecular weight excluding hydrogens is 445 g/mol. The topological polar surface area (TPSA) is 29.1 Å². The first-order valence-corrected chi connectivity index (χ1v) is 13.1. The number of hydrogen-bond acceptors (Lipinski definition) is 1. The molecule has 0 bridgehead atoms. The number of rotatable bonds is 2. The molecule has 27 heavy (non-hydrogen) atoms. The first-order chi connectivity index (χ1) is 12.9. The van der Waals surface area contributed by atoms with Crippen molar-refractivity contribution in [2.75, 3.05) is 0 Å².